The molecule has 0 saturated heterocycles. The third kappa shape index (κ3) is 2.86. The molecular formula is C13H24. The molecule has 3 atom stereocenters. The van der Waals surface area contributed by atoms with Gasteiger partial charge in [0.15, 0.2) is 0 Å². The molecule has 0 radical (unpaired) electrons. The number of hydrogen-bond donors (Lipinski definition) is 0. The van der Waals surface area contributed by atoms with Crippen LogP contribution in [0.4, 0.5) is 0 Å². The fraction of sp³-hybridized carbons (Fsp3) is 0.846. The van der Waals surface area contributed by atoms with Crippen LogP contribution >= 0.6 is 0 Å². The summed E-state index contributed by atoms with van der Waals surface area (Å²) in [6.45, 7) is 6.35. The highest BCUT2D eigenvalue weighted by atomic mass is 14.3. The largest absolute Gasteiger partial charge is 0.0854 e. The molecule has 3 unspecified atom stereocenters. The molecule has 1 fully saturated rings. The Hall–Kier alpha value is -0.260. The van der Waals surface area contributed by atoms with Gasteiger partial charge >= 0.3 is 0 Å². The second-order valence-corrected chi connectivity index (χ2v) is 4.31. The fourth-order valence-corrected chi connectivity index (χ4v) is 2.67. The van der Waals surface area contributed by atoms with Gasteiger partial charge < -0.3 is 0 Å². The highest BCUT2D eigenvalue weighted by molar-refractivity contribution is 5.01. The van der Waals surface area contributed by atoms with Crippen molar-refractivity contribution in [3.05, 3.63) is 12.2 Å². The quantitative estimate of drug-likeness (QED) is 0.484. The van der Waals surface area contributed by atoms with E-state index in [0.29, 0.717) is 0 Å². The van der Waals surface area contributed by atoms with Crippen molar-refractivity contribution in [2.24, 2.45) is 17.8 Å². The third-order valence-electron chi connectivity index (χ3n) is 3.33. The summed E-state index contributed by atoms with van der Waals surface area (Å²) in [5.74, 6) is 2.86. The van der Waals surface area contributed by atoms with Crippen LogP contribution in [0.3, 0.4) is 0 Å². The number of hydrogen-bond acceptors (Lipinski definition) is 0. The Morgan fingerprint density at radius 3 is 2.46 bits per heavy atom. The molecule has 0 bridgehead atoms. The van der Waals surface area contributed by atoms with Gasteiger partial charge in [-0.05, 0) is 37.0 Å². The average Bonchev–Trinajstić information content (AvgIpc) is 2.21. The van der Waals surface area contributed by atoms with E-state index in [1.807, 2.05) is 13.8 Å². The first kappa shape index (κ1) is 10.8. The van der Waals surface area contributed by atoms with Gasteiger partial charge in [0.2, 0.25) is 0 Å². The van der Waals surface area contributed by atoms with Crippen LogP contribution in [0.5, 0.6) is 0 Å². The van der Waals surface area contributed by atoms with Gasteiger partial charge in [-0.15, -0.1) is 0 Å². The summed E-state index contributed by atoms with van der Waals surface area (Å²) in [5.41, 5.74) is 0. The van der Waals surface area contributed by atoms with Crippen molar-refractivity contribution in [2.45, 2.75) is 52.9 Å². The van der Waals surface area contributed by atoms with Crippen molar-refractivity contribution in [1.29, 1.82) is 0 Å². The van der Waals surface area contributed by atoms with Gasteiger partial charge in [-0.3, -0.25) is 0 Å². The molecule has 1 saturated carbocycles. The van der Waals surface area contributed by atoms with Crippen molar-refractivity contribution >= 4 is 0 Å². The Balaban J connectivity index is 0.000000396. The molecule has 0 aromatic carbocycles. The summed E-state index contributed by atoms with van der Waals surface area (Å²) in [6, 6.07) is 0. The summed E-state index contributed by atoms with van der Waals surface area (Å²) >= 11 is 0. The van der Waals surface area contributed by atoms with Crippen molar-refractivity contribution in [3.8, 4) is 0 Å². The summed E-state index contributed by atoms with van der Waals surface area (Å²) in [6.07, 6.45) is 12.3. The lowest BCUT2D eigenvalue weighted by molar-refractivity contribution is 0.236. The molecule has 0 nitrogen and oxygen atoms in total. The fourth-order valence-electron chi connectivity index (χ4n) is 2.67. The maximum Gasteiger partial charge on any atom is -0.0205 e. The van der Waals surface area contributed by atoms with E-state index in [4.69, 9.17) is 0 Å². The first-order valence-corrected chi connectivity index (χ1v) is 6.04. The van der Waals surface area contributed by atoms with Gasteiger partial charge in [0.1, 0.15) is 0 Å². The lowest BCUT2D eigenvalue weighted by Gasteiger charge is -2.34. The molecule has 0 N–H and O–H groups in total. The maximum atomic E-state index is 2.48. The van der Waals surface area contributed by atoms with Crippen molar-refractivity contribution in [2.75, 3.05) is 0 Å². The normalized spacial score (nSPS) is 37.3. The summed E-state index contributed by atoms with van der Waals surface area (Å²) in [4.78, 5) is 0. The predicted molar refractivity (Wildman–Crippen MR) is 59.7 cm³/mol. The SMILES string of the molecule is CC.CC1C=CC2CCCCC2C1. The molecule has 2 aliphatic rings. The minimum Gasteiger partial charge on any atom is -0.0854 e. The van der Waals surface area contributed by atoms with E-state index in [-0.39, 0.29) is 0 Å². The summed E-state index contributed by atoms with van der Waals surface area (Å²) in [7, 11) is 0. The Morgan fingerprint density at radius 1 is 1.00 bits per heavy atom. The Labute approximate surface area is 83.4 Å². The average molecular weight is 180 g/mol. The Kier molecular flexibility index (Phi) is 4.55. The standard InChI is InChI=1S/C11H18.C2H6/c1-9-6-7-10-4-2-3-5-11(10)8-9;1-2/h6-7,9-11H,2-5,8H2,1H3;1-2H3. The van der Waals surface area contributed by atoms with Gasteiger partial charge in [0.05, 0.1) is 0 Å². The Bertz CT molecular complexity index is 157. The minimum atomic E-state index is 0.856. The van der Waals surface area contributed by atoms with E-state index in [1.54, 1.807) is 0 Å². The lowest BCUT2D eigenvalue weighted by atomic mass is 9.72. The predicted octanol–water partition coefficient (Wildman–Crippen LogP) is 4.42. The van der Waals surface area contributed by atoms with Crippen LogP contribution in [0.15, 0.2) is 12.2 Å². The molecular weight excluding hydrogens is 156 g/mol. The molecule has 0 heteroatoms. The van der Waals surface area contributed by atoms with Crippen LogP contribution in [-0.4, -0.2) is 0 Å². The third-order valence-corrected chi connectivity index (χ3v) is 3.33. The van der Waals surface area contributed by atoms with Crippen LogP contribution in [-0.2, 0) is 0 Å². The van der Waals surface area contributed by atoms with E-state index in [9.17, 15) is 0 Å². The molecule has 0 spiro atoms. The van der Waals surface area contributed by atoms with Crippen LogP contribution in [0, 0.1) is 17.8 Å². The van der Waals surface area contributed by atoms with Crippen LogP contribution in [0.2, 0.25) is 0 Å². The molecule has 0 aromatic rings. The number of allylic oxidation sites excluding steroid dienone is 2. The molecule has 2 aliphatic carbocycles. The van der Waals surface area contributed by atoms with Crippen molar-refractivity contribution < 1.29 is 0 Å². The second-order valence-electron chi connectivity index (χ2n) is 4.31. The minimum absolute atomic E-state index is 0.856. The molecule has 0 heterocycles. The second kappa shape index (κ2) is 5.47. The summed E-state index contributed by atoms with van der Waals surface area (Å²) < 4.78 is 0. The lowest BCUT2D eigenvalue weighted by Crippen LogP contribution is -2.22. The van der Waals surface area contributed by atoms with Gasteiger partial charge in [0.25, 0.3) is 0 Å². The van der Waals surface area contributed by atoms with Crippen molar-refractivity contribution in [3.63, 3.8) is 0 Å². The number of fused-ring (bicyclic) bond motifs is 1. The van der Waals surface area contributed by atoms with Gasteiger partial charge in [-0.25, -0.2) is 0 Å². The molecule has 2 rings (SSSR count). The Morgan fingerprint density at radius 2 is 1.69 bits per heavy atom. The first-order chi connectivity index (χ1) is 6.36. The van der Waals surface area contributed by atoms with Gasteiger partial charge in [-0.2, -0.15) is 0 Å². The van der Waals surface area contributed by atoms with Gasteiger partial charge in [-0.1, -0.05) is 45.8 Å². The van der Waals surface area contributed by atoms with Crippen LogP contribution in [0.25, 0.3) is 0 Å². The van der Waals surface area contributed by atoms with E-state index < -0.39 is 0 Å². The van der Waals surface area contributed by atoms with E-state index >= 15 is 0 Å². The number of rotatable bonds is 0. The van der Waals surface area contributed by atoms with E-state index in [2.05, 4.69) is 19.1 Å². The van der Waals surface area contributed by atoms with E-state index in [0.717, 1.165) is 17.8 Å². The smallest absolute Gasteiger partial charge is 0.0205 e. The highest BCUT2D eigenvalue weighted by Gasteiger charge is 2.26. The highest BCUT2D eigenvalue weighted by Crippen LogP contribution is 2.38. The maximum absolute atomic E-state index is 2.48. The zero-order valence-electron chi connectivity index (χ0n) is 9.42. The molecule has 0 aromatic heterocycles. The zero-order chi connectivity index (χ0) is 9.68. The van der Waals surface area contributed by atoms with Crippen molar-refractivity contribution in [1.82, 2.24) is 0 Å². The molecule has 0 aliphatic heterocycles. The first-order valence-electron chi connectivity index (χ1n) is 6.04. The zero-order valence-corrected chi connectivity index (χ0v) is 9.42. The van der Waals surface area contributed by atoms with Crippen LogP contribution in [0.1, 0.15) is 52.9 Å². The molecule has 76 valence electrons. The molecule has 0 amide bonds. The monoisotopic (exact) mass is 180 g/mol. The van der Waals surface area contributed by atoms with Crippen LogP contribution < -0.4 is 0 Å². The summed E-state index contributed by atoms with van der Waals surface area (Å²) in [5, 5.41) is 0. The topological polar surface area (TPSA) is 0 Å². The van der Waals surface area contributed by atoms with E-state index in [1.165, 1.54) is 32.1 Å². The van der Waals surface area contributed by atoms with Gasteiger partial charge in [0, 0.05) is 0 Å². The molecule has 13 heavy (non-hydrogen) atoms.